The summed E-state index contributed by atoms with van der Waals surface area (Å²) in [5.74, 6) is -0.121. The Morgan fingerprint density at radius 1 is 1.04 bits per heavy atom. The molecular weight excluding hydrogens is 350 g/mol. The molecule has 0 spiro atoms. The normalized spacial score (nSPS) is 15.5. The van der Waals surface area contributed by atoms with Crippen LogP contribution in [-0.4, -0.2) is 49.6 Å². The summed E-state index contributed by atoms with van der Waals surface area (Å²) < 4.78 is 0. The number of rotatable bonds is 6. The summed E-state index contributed by atoms with van der Waals surface area (Å²) in [7, 11) is 0. The standard InChI is InChI=1S/C22H27N5O/c1-3-26-12-14-27(15-13-26)21-10-8-19(9-11-21)24-17(2)22(28)25-20-6-4-18(16-23)5-7-20/h4-11,17,24H,3,12-15H2,1-2H3,(H,25,28)/t17-/m0/s1. The van der Waals surface area contributed by atoms with Crippen LogP contribution in [0.3, 0.4) is 0 Å². The molecule has 6 heteroatoms. The van der Waals surface area contributed by atoms with Gasteiger partial charge in [-0.3, -0.25) is 4.79 Å². The maximum atomic E-state index is 12.4. The van der Waals surface area contributed by atoms with Crippen molar-refractivity contribution in [3.63, 3.8) is 0 Å². The fourth-order valence-electron chi connectivity index (χ4n) is 3.28. The third-order valence-electron chi connectivity index (χ3n) is 5.11. The van der Waals surface area contributed by atoms with Crippen LogP contribution in [0.1, 0.15) is 19.4 Å². The van der Waals surface area contributed by atoms with Crippen molar-refractivity contribution in [3.8, 4) is 6.07 Å². The van der Waals surface area contributed by atoms with Crippen LogP contribution in [0, 0.1) is 11.3 Å². The van der Waals surface area contributed by atoms with Crippen molar-refractivity contribution < 1.29 is 4.79 Å². The number of carbonyl (C=O) groups is 1. The van der Waals surface area contributed by atoms with Crippen LogP contribution < -0.4 is 15.5 Å². The molecule has 1 saturated heterocycles. The number of piperazine rings is 1. The predicted molar refractivity (Wildman–Crippen MR) is 114 cm³/mol. The predicted octanol–water partition coefficient (Wildman–Crippen LogP) is 3.14. The summed E-state index contributed by atoms with van der Waals surface area (Å²) in [4.78, 5) is 17.3. The van der Waals surface area contributed by atoms with E-state index in [4.69, 9.17) is 5.26 Å². The summed E-state index contributed by atoms with van der Waals surface area (Å²) in [5.41, 5.74) is 3.38. The molecular formula is C22H27N5O. The minimum atomic E-state index is -0.380. The summed E-state index contributed by atoms with van der Waals surface area (Å²) in [6.07, 6.45) is 0. The number of carbonyl (C=O) groups excluding carboxylic acids is 1. The van der Waals surface area contributed by atoms with Gasteiger partial charge in [0.2, 0.25) is 5.91 Å². The van der Waals surface area contributed by atoms with E-state index in [1.54, 1.807) is 24.3 Å². The highest BCUT2D eigenvalue weighted by Crippen LogP contribution is 2.20. The van der Waals surface area contributed by atoms with Gasteiger partial charge in [-0.2, -0.15) is 5.26 Å². The molecule has 0 unspecified atom stereocenters. The monoisotopic (exact) mass is 377 g/mol. The van der Waals surface area contributed by atoms with Gasteiger partial charge >= 0.3 is 0 Å². The van der Waals surface area contributed by atoms with Gasteiger partial charge in [-0.25, -0.2) is 0 Å². The van der Waals surface area contributed by atoms with Crippen LogP contribution >= 0.6 is 0 Å². The lowest BCUT2D eigenvalue weighted by Gasteiger charge is -2.35. The first-order valence-corrected chi connectivity index (χ1v) is 9.74. The first kappa shape index (κ1) is 19.7. The first-order valence-electron chi connectivity index (χ1n) is 9.74. The van der Waals surface area contributed by atoms with Crippen molar-refractivity contribution >= 4 is 23.0 Å². The number of hydrogen-bond donors (Lipinski definition) is 2. The zero-order valence-electron chi connectivity index (χ0n) is 16.5. The molecule has 1 heterocycles. The number of likely N-dealkylation sites (N-methyl/N-ethyl adjacent to an activating group) is 1. The Kier molecular flexibility index (Phi) is 6.51. The van der Waals surface area contributed by atoms with E-state index in [0.717, 1.165) is 38.4 Å². The van der Waals surface area contributed by atoms with E-state index >= 15 is 0 Å². The second-order valence-corrected chi connectivity index (χ2v) is 7.01. The van der Waals surface area contributed by atoms with Crippen molar-refractivity contribution in [1.82, 2.24) is 4.90 Å². The molecule has 3 rings (SSSR count). The van der Waals surface area contributed by atoms with Gasteiger partial charge in [-0.1, -0.05) is 6.92 Å². The van der Waals surface area contributed by atoms with Crippen LogP contribution in [0.5, 0.6) is 0 Å². The molecule has 1 aliphatic heterocycles. The molecule has 0 bridgehead atoms. The van der Waals surface area contributed by atoms with E-state index in [1.807, 2.05) is 19.1 Å². The Hall–Kier alpha value is -3.04. The van der Waals surface area contributed by atoms with Crippen molar-refractivity contribution in [2.45, 2.75) is 19.9 Å². The number of nitrogens with one attached hydrogen (secondary N) is 2. The number of nitrogens with zero attached hydrogens (tertiary/aromatic N) is 3. The van der Waals surface area contributed by atoms with Gasteiger partial charge in [0.25, 0.3) is 0 Å². The third kappa shape index (κ3) is 5.02. The van der Waals surface area contributed by atoms with Gasteiger partial charge in [-0.15, -0.1) is 0 Å². The molecule has 1 aliphatic rings. The smallest absolute Gasteiger partial charge is 0.246 e. The molecule has 28 heavy (non-hydrogen) atoms. The van der Waals surface area contributed by atoms with Gasteiger partial charge in [-0.05, 0) is 62.0 Å². The molecule has 0 radical (unpaired) electrons. The fourth-order valence-corrected chi connectivity index (χ4v) is 3.28. The molecule has 2 aromatic rings. The number of hydrogen-bond acceptors (Lipinski definition) is 5. The highest BCUT2D eigenvalue weighted by molar-refractivity contribution is 5.96. The summed E-state index contributed by atoms with van der Waals surface area (Å²) in [6.45, 7) is 9.44. The van der Waals surface area contributed by atoms with Crippen LogP contribution in [0.2, 0.25) is 0 Å². The minimum Gasteiger partial charge on any atom is -0.374 e. The molecule has 2 N–H and O–H groups in total. The second-order valence-electron chi connectivity index (χ2n) is 7.01. The van der Waals surface area contributed by atoms with E-state index in [1.165, 1.54) is 5.69 Å². The first-order chi connectivity index (χ1) is 13.6. The van der Waals surface area contributed by atoms with Crippen LogP contribution in [0.25, 0.3) is 0 Å². The number of anilines is 3. The van der Waals surface area contributed by atoms with Gasteiger partial charge in [0.15, 0.2) is 0 Å². The summed E-state index contributed by atoms with van der Waals surface area (Å²) in [5, 5.41) is 14.9. The Morgan fingerprint density at radius 3 is 2.21 bits per heavy atom. The van der Waals surface area contributed by atoms with Crippen molar-refractivity contribution in [2.75, 3.05) is 48.3 Å². The van der Waals surface area contributed by atoms with E-state index in [0.29, 0.717) is 11.3 Å². The topological polar surface area (TPSA) is 71.4 Å². The summed E-state index contributed by atoms with van der Waals surface area (Å²) in [6, 6.07) is 16.8. The Bertz CT molecular complexity index is 818. The van der Waals surface area contributed by atoms with Gasteiger partial charge < -0.3 is 20.4 Å². The maximum Gasteiger partial charge on any atom is 0.246 e. The van der Waals surface area contributed by atoms with E-state index in [9.17, 15) is 4.79 Å². The van der Waals surface area contributed by atoms with E-state index in [-0.39, 0.29) is 11.9 Å². The largest absolute Gasteiger partial charge is 0.374 e. The average molecular weight is 377 g/mol. The van der Waals surface area contributed by atoms with Gasteiger partial charge in [0, 0.05) is 43.2 Å². The van der Waals surface area contributed by atoms with Crippen molar-refractivity contribution in [2.24, 2.45) is 0 Å². The SMILES string of the molecule is CCN1CCN(c2ccc(N[C@@H](C)C(=O)Nc3ccc(C#N)cc3)cc2)CC1. The fraction of sp³-hybridized carbons (Fsp3) is 0.364. The number of benzene rings is 2. The van der Waals surface area contributed by atoms with E-state index in [2.05, 4.69) is 45.6 Å². The molecule has 0 saturated carbocycles. The molecule has 6 nitrogen and oxygen atoms in total. The average Bonchev–Trinajstić information content (AvgIpc) is 2.75. The molecule has 0 aliphatic carbocycles. The number of amides is 1. The van der Waals surface area contributed by atoms with Gasteiger partial charge in [0.1, 0.15) is 6.04 Å². The van der Waals surface area contributed by atoms with E-state index < -0.39 is 0 Å². The van der Waals surface area contributed by atoms with Gasteiger partial charge in [0.05, 0.1) is 11.6 Å². The molecule has 1 amide bonds. The molecule has 1 fully saturated rings. The zero-order valence-corrected chi connectivity index (χ0v) is 16.5. The zero-order chi connectivity index (χ0) is 19.9. The lowest BCUT2D eigenvalue weighted by atomic mass is 10.2. The lowest BCUT2D eigenvalue weighted by Crippen LogP contribution is -2.46. The van der Waals surface area contributed by atoms with Crippen LogP contribution in [0.4, 0.5) is 17.1 Å². The Balaban J connectivity index is 1.52. The molecule has 1 atom stereocenters. The molecule has 146 valence electrons. The van der Waals surface area contributed by atoms with Crippen molar-refractivity contribution in [1.29, 1.82) is 5.26 Å². The highest BCUT2D eigenvalue weighted by atomic mass is 16.2. The minimum absolute atomic E-state index is 0.121. The lowest BCUT2D eigenvalue weighted by molar-refractivity contribution is -0.116. The number of nitriles is 1. The third-order valence-corrected chi connectivity index (χ3v) is 5.11. The van der Waals surface area contributed by atoms with Crippen LogP contribution in [0.15, 0.2) is 48.5 Å². The Labute approximate surface area is 166 Å². The van der Waals surface area contributed by atoms with Crippen molar-refractivity contribution in [3.05, 3.63) is 54.1 Å². The molecule has 2 aromatic carbocycles. The Morgan fingerprint density at radius 2 is 1.64 bits per heavy atom. The maximum absolute atomic E-state index is 12.4. The molecule has 0 aromatic heterocycles. The van der Waals surface area contributed by atoms with Crippen LogP contribution in [-0.2, 0) is 4.79 Å². The summed E-state index contributed by atoms with van der Waals surface area (Å²) >= 11 is 0. The highest BCUT2D eigenvalue weighted by Gasteiger charge is 2.16. The second kappa shape index (κ2) is 9.25. The quantitative estimate of drug-likeness (QED) is 0.809.